The summed E-state index contributed by atoms with van der Waals surface area (Å²) in [5, 5.41) is 14.6. The molecule has 0 unspecified atom stereocenters. The average Bonchev–Trinajstić information content (AvgIpc) is 3.12. The van der Waals surface area contributed by atoms with Crippen molar-refractivity contribution in [1.82, 2.24) is 10.3 Å². The number of nitriles is 1. The molecule has 3 rings (SSSR count). The third-order valence-corrected chi connectivity index (χ3v) is 3.67. The van der Waals surface area contributed by atoms with Crippen LogP contribution in [0.2, 0.25) is 0 Å². The maximum absolute atomic E-state index is 12.0. The first-order valence-electron chi connectivity index (χ1n) is 7.91. The standard InChI is InChI=1S/C19H16N4O3/c20-7-9-26-16-3-1-2-13(10-16)12-22-18(24)19(25)23-15-4-5-17-14(11-15)6-8-21-17/h1-6,8,10-11,21H,9,12H2,(H,22,24)(H,23,25). The van der Waals surface area contributed by atoms with Crippen molar-refractivity contribution in [1.29, 1.82) is 5.26 Å². The molecule has 0 aliphatic heterocycles. The van der Waals surface area contributed by atoms with Gasteiger partial charge in [-0.05, 0) is 42.0 Å². The molecular formula is C19H16N4O3. The molecule has 0 saturated heterocycles. The highest BCUT2D eigenvalue weighted by atomic mass is 16.5. The first-order valence-corrected chi connectivity index (χ1v) is 7.91. The number of H-pyrrole nitrogens is 1. The van der Waals surface area contributed by atoms with Gasteiger partial charge in [-0.2, -0.15) is 5.26 Å². The molecule has 130 valence electrons. The number of hydrogen-bond acceptors (Lipinski definition) is 4. The zero-order valence-corrected chi connectivity index (χ0v) is 13.8. The Hall–Kier alpha value is -3.79. The summed E-state index contributed by atoms with van der Waals surface area (Å²) in [5.74, 6) is -0.943. The maximum atomic E-state index is 12.0. The van der Waals surface area contributed by atoms with E-state index in [0.29, 0.717) is 11.4 Å². The second-order valence-corrected chi connectivity index (χ2v) is 5.51. The fourth-order valence-corrected chi connectivity index (χ4v) is 2.44. The molecule has 0 atom stereocenters. The molecule has 2 aromatic carbocycles. The van der Waals surface area contributed by atoms with Gasteiger partial charge in [0.15, 0.2) is 6.61 Å². The van der Waals surface area contributed by atoms with E-state index in [4.69, 9.17) is 10.00 Å². The predicted molar refractivity (Wildman–Crippen MR) is 96.3 cm³/mol. The Morgan fingerprint density at radius 2 is 2.00 bits per heavy atom. The molecule has 0 aliphatic carbocycles. The number of anilines is 1. The van der Waals surface area contributed by atoms with Crippen molar-refractivity contribution >= 4 is 28.4 Å². The maximum Gasteiger partial charge on any atom is 0.313 e. The van der Waals surface area contributed by atoms with Crippen LogP contribution in [0.1, 0.15) is 5.56 Å². The number of nitrogens with one attached hydrogen (secondary N) is 3. The fourth-order valence-electron chi connectivity index (χ4n) is 2.44. The van der Waals surface area contributed by atoms with Crippen molar-refractivity contribution in [3.05, 3.63) is 60.3 Å². The topological polar surface area (TPSA) is 107 Å². The molecule has 2 amide bonds. The Kier molecular flexibility index (Phi) is 5.15. The van der Waals surface area contributed by atoms with Crippen LogP contribution < -0.4 is 15.4 Å². The van der Waals surface area contributed by atoms with Gasteiger partial charge in [-0.3, -0.25) is 9.59 Å². The van der Waals surface area contributed by atoms with Gasteiger partial charge in [-0.1, -0.05) is 12.1 Å². The minimum absolute atomic E-state index is 0.0519. The smallest absolute Gasteiger partial charge is 0.313 e. The quantitative estimate of drug-likeness (QED) is 0.615. The number of rotatable bonds is 5. The Morgan fingerprint density at radius 3 is 2.85 bits per heavy atom. The Bertz CT molecular complexity index is 988. The summed E-state index contributed by atoms with van der Waals surface area (Å²) in [6.07, 6.45) is 1.80. The van der Waals surface area contributed by atoms with Gasteiger partial charge in [0, 0.05) is 29.3 Å². The van der Waals surface area contributed by atoms with Crippen LogP contribution in [0.4, 0.5) is 5.69 Å². The number of benzene rings is 2. The Labute approximate surface area is 149 Å². The highest BCUT2D eigenvalue weighted by Gasteiger charge is 2.13. The monoisotopic (exact) mass is 348 g/mol. The zero-order chi connectivity index (χ0) is 18.4. The second kappa shape index (κ2) is 7.85. The van der Waals surface area contributed by atoms with Gasteiger partial charge in [-0.25, -0.2) is 0 Å². The lowest BCUT2D eigenvalue weighted by Gasteiger charge is -2.08. The molecule has 0 radical (unpaired) electrons. The van der Waals surface area contributed by atoms with Crippen molar-refractivity contribution in [2.75, 3.05) is 11.9 Å². The molecule has 1 heterocycles. The van der Waals surface area contributed by atoms with E-state index in [9.17, 15) is 9.59 Å². The van der Waals surface area contributed by atoms with E-state index in [1.807, 2.05) is 18.2 Å². The average molecular weight is 348 g/mol. The van der Waals surface area contributed by atoms with Crippen LogP contribution in [0.5, 0.6) is 5.75 Å². The summed E-state index contributed by atoms with van der Waals surface area (Å²) in [6, 6.07) is 16.1. The molecule has 1 aromatic heterocycles. The van der Waals surface area contributed by atoms with Gasteiger partial charge < -0.3 is 20.4 Å². The minimum Gasteiger partial charge on any atom is -0.479 e. The summed E-state index contributed by atoms with van der Waals surface area (Å²) >= 11 is 0. The summed E-state index contributed by atoms with van der Waals surface area (Å²) in [7, 11) is 0. The minimum atomic E-state index is -0.739. The van der Waals surface area contributed by atoms with Crippen LogP contribution in [0.25, 0.3) is 10.9 Å². The van der Waals surface area contributed by atoms with E-state index < -0.39 is 11.8 Å². The summed E-state index contributed by atoms with van der Waals surface area (Å²) in [6.45, 7) is 0.122. The lowest BCUT2D eigenvalue weighted by atomic mass is 10.2. The van der Waals surface area contributed by atoms with Gasteiger partial charge >= 0.3 is 11.8 Å². The van der Waals surface area contributed by atoms with Crippen molar-refractivity contribution in [2.45, 2.75) is 6.54 Å². The molecule has 0 fully saturated rings. The van der Waals surface area contributed by atoms with Crippen LogP contribution in [0, 0.1) is 11.3 Å². The highest BCUT2D eigenvalue weighted by molar-refractivity contribution is 6.39. The van der Waals surface area contributed by atoms with E-state index in [2.05, 4.69) is 15.6 Å². The lowest BCUT2D eigenvalue weighted by molar-refractivity contribution is -0.136. The van der Waals surface area contributed by atoms with E-state index >= 15 is 0 Å². The first kappa shape index (κ1) is 17.0. The predicted octanol–water partition coefficient (Wildman–Crippen LogP) is 2.33. The van der Waals surface area contributed by atoms with E-state index in [0.717, 1.165) is 16.5 Å². The molecule has 0 bridgehead atoms. The molecular weight excluding hydrogens is 332 g/mol. The molecule has 3 aromatic rings. The Morgan fingerprint density at radius 1 is 1.12 bits per heavy atom. The lowest BCUT2D eigenvalue weighted by Crippen LogP contribution is -2.34. The van der Waals surface area contributed by atoms with Crippen LogP contribution in [-0.2, 0) is 16.1 Å². The number of nitrogens with zero attached hydrogens (tertiary/aromatic N) is 1. The molecule has 26 heavy (non-hydrogen) atoms. The molecule has 0 aliphatic rings. The summed E-state index contributed by atoms with van der Waals surface area (Å²) < 4.78 is 5.20. The number of fused-ring (bicyclic) bond motifs is 1. The number of carbonyl (C=O) groups excluding carboxylic acids is 2. The summed E-state index contributed by atoms with van der Waals surface area (Å²) in [4.78, 5) is 27.1. The second-order valence-electron chi connectivity index (χ2n) is 5.51. The van der Waals surface area contributed by atoms with E-state index in [1.54, 1.807) is 42.6 Å². The Balaban J connectivity index is 1.55. The molecule has 0 spiro atoms. The van der Waals surface area contributed by atoms with Crippen LogP contribution in [-0.4, -0.2) is 23.4 Å². The normalized spacial score (nSPS) is 10.1. The third-order valence-electron chi connectivity index (χ3n) is 3.67. The molecule has 3 N–H and O–H groups in total. The molecule has 7 nitrogen and oxygen atoms in total. The van der Waals surface area contributed by atoms with E-state index in [1.165, 1.54) is 0 Å². The van der Waals surface area contributed by atoms with E-state index in [-0.39, 0.29) is 13.2 Å². The SMILES string of the molecule is N#CCOc1cccc(CNC(=O)C(=O)Nc2ccc3[nH]ccc3c2)c1. The number of ether oxygens (including phenoxy) is 1. The first-order chi connectivity index (χ1) is 12.7. The van der Waals surface area contributed by atoms with Crippen LogP contribution in [0.15, 0.2) is 54.7 Å². The number of aromatic amines is 1. The fraction of sp³-hybridized carbons (Fsp3) is 0.105. The number of amides is 2. The highest BCUT2D eigenvalue weighted by Crippen LogP contribution is 2.17. The van der Waals surface area contributed by atoms with Gasteiger partial charge in [0.1, 0.15) is 11.8 Å². The largest absolute Gasteiger partial charge is 0.479 e. The zero-order valence-electron chi connectivity index (χ0n) is 13.8. The van der Waals surface area contributed by atoms with Crippen LogP contribution in [0.3, 0.4) is 0 Å². The van der Waals surface area contributed by atoms with Gasteiger partial charge in [-0.15, -0.1) is 0 Å². The van der Waals surface area contributed by atoms with Gasteiger partial charge in [0.05, 0.1) is 0 Å². The number of carbonyl (C=O) groups is 2. The molecule has 0 saturated carbocycles. The van der Waals surface area contributed by atoms with Crippen molar-refractivity contribution < 1.29 is 14.3 Å². The van der Waals surface area contributed by atoms with Crippen molar-refractivity contribution in [3.8, 4) is 11.8 Å². The number of aromatic nitrogens is 1. The summed E-state index contributed by atoms with van der Waals surface area (Å²) in [5.41, 5.74) is 2.26. The van der Waals surface area contributed by atoms with Gasteiger partial charge in [0.2, 0.25) is 0 Å². The van der Waals surface area contributed by atoms with Gasteiger partial charge in [0.25, 0.3) is 0 Å². The third kappa shape index (κ3) is 4.19. The van der Waals surface area contributed by atoms with Crippen molar-refractivity contribution in [3.63, 3.8) is 0 Å². The van der Waals surface area contributed by atoms with Crippen molar-refractivity contribution in [2.24, 2.45) is 0 Å². The number of hydrogen-bond donors (Lipinski definition) is 3. The molecule has 7 heteroatoms. The van der Waals surface area contributed by atoms with Crippen LogP contribution >= 0.6 is 0 Å².